The van der Waals surface area contributed by atoms with Crippen LogP contribution in [0.2, 0.25) is 0 Å². The maximum absolute atomic E-state index is 14.2. The van der Waals surface area contributed by atoms with E-state index < -0.39 is 23.4 Å². The number of ether oxygens (including phenoxy) is 1. The van der Waals surface area contributed by atoms with Gasteiger partial charge >= 0.3 is 0 Å². The smallest absolute Gasteiger partial charge is 0.272 e. The van der Waals surface area contributed by atoms with Gasteiger partial charge in [-0.15, -0.1) is 11.8 Å². The van der Waals surface area contributed by atoms with E-state index in [0.29, 0.717) is 28.6 Å². The lowest BCUT2D eigenvalue weighted by atomic mass is 10.1. The van der Waals surface area contributed by atoms with E-state index in [1.807, 2.05) is 13.8 Å². The predicted molar refractivity (Wildman–Crippen MR) is 106 cm³/mol. The zero-order chi connectivity index (χ0) is 20.3. The molecule has 1 aliphatic heterocycles. The van der Waals surface area contributed by atoms with Crippen molar-refractivity contribution in [2.45, 2.75) is 20.3 Å². The zero-order valence-electron chi connectivity index (χ0n) is 15.5. The number of hydrogen-bond acceptors (Lipinski definition) is 4. The van der Waals surface area contributed by atoms with E-state index >= 15 is 0 Å². The molecule has 0 N–H and O–H groups in total. The van der Waals surface area contributed by atoms with Crippen molar-refractivity contribution in [3.05, 3.63) is 64.6 Å². The highest BCUT2D eigenvalue weighted by atomic mass is 32.2. The molecule has 7 heteroatoms. The quantitative estimate of drug-likeness (QED) is 0.624. The molecule has 0 radical (unpaired) electrons. The molecular formula is C21H19F2NO3S. The Morgan fingerprint density at radius 1 is 1.00 bits per heavy atom. The van der Waals surface area contributed by atoms with Crippen LogP contribution >= 0.6 is 11.8 Å². The van der Waals surface area contributed by atoms with E-state index in [1.165, 1.54) is 11.8 Å². The summed E-state index contributed by atoms with van der Waals surface area (Å²) < 4.78 is 33.4. The second-order valence-corrected chi connectivity index (χ2v) is 7.33. The standard InChI is InChI=1S/C21H19F2NO3S/c1-3-11-27-15-8-5-13(6-9-15)18-19(28-4-2)21(26)24(20(18)25)17-12-14(22)7-10-16(17)23/h5-10,12H,3-4,11H2,1-2H3. The largest absolute Gasteiger partial charge is 0.494 e. The fraction of sp³-hybridized carbons (Fsp3) is 0.238. The number of benzene rings is 2. The van der Waals surface area contributed by atoms with E-state index in [-0.39, 0.29) is 16.2 Å². The Morgan fingerprint density at radius 3 is 2.36 bits per heavy atom. The Bertz CT molecular complexity index is 941. The Labute approximate surface area is 166 Å². The SMILES string of the molecule is CCCOc1ccc(C2=C(SCC)C(=O)N(c3cc(F)ccc3F)C2=O)cc1. The highest BCUT2D eigenvalue weighted by Crippen LogP contribution is 2.39. The van der Waals surface area contributed by atoms with Crippen molar-refractivity contribution >= 4 is 34.8 Å². The van der Waals surface area contributed by atoms with Crippen LogP contribution in [0.25, 0.3) is 5.57 Å². The Morgan fingerprint density at radius 2 is 1.71 bits per heavy atom. The van der Waals surface area contributed by atoms with Gasteiger partial charge in [0.25, 0.3) is 11.8 Å². The fourth-order valence-electron chi connectivity index (χ4n) is 2.86. The molecule has 28 heavy (non-hydrogen) atoms. The molecule has 1 heterocycles. The highest BCUT2D eigenvalue weighted by Gasteiger charge is 2.41. The second-order valence-electron chi connectivity index (χ2n) is 6.05. The average molecular weight is 403 g/mol. The average Bonchev–Trinajstić information content (AvgIpc) is 2.93. The van der Waals surface area contributed by atoms with Crippen LogP contribution in [0.5, 0.6) is 5.75 Å². The Balaban J connectivity index is 2.02. The summed E-state index contributed by atoms with van der Waals surface area (Å²) in [5.74, 6) is -1.69. The third kappa shape index (κ3) is 3.80. The van der Waals surface area contributed by atoms with Crippen LogP contribution in [0.4, 0.5) is 14.5 Å². The summed E-state index contributed by atoms with van der Waals surface area (Å²) in [5, 5.41) is 0. The maximum atomic E-state index is 14.2. The van der Waals surface area contributed by atoms with Crippen LogP contribution in [0.15, 0.2) is 47.4 Å². The van der Waals surface area contributed by atoms with Gasteiger partial charge in [0.2, 0.25) is 0 Å². The van der Waals surface area contributed by atoms with Gasteiger partial charge < -0.3 is 4.74 Å². The van der Waals surface area contributed by atoms with Crippen molar-refractivity contribution in [2.24, 2.45) is 0 Å². The molecule has 4 nitrogen and oxygen atoms in total. The number of anilines is 1. The molecule has 3 rings (SSSR count). The minimum Gasteiger partial charge on any atom is -0.494 e. The molecule has 0 aliphatic carbocycles. The van der Waals surface area contributed by atoms with Crippen molar-refractivity contribution < 1.29 is 23.1 Å². The summed E-state index contributed by atoms with van der Waals surface area (Å²) in [6, 6.07) is 9.50. The van der Waals surface area contributed by atoms with Gasteiger partial charge in [-0.3, -0.25) is 9.59 Å². The number of halogens is 2. The number of rotatable bonds is 7. The van der Waals surface area contributed by atoms with E-state index in [4.69, 9.17) is 4.74 Å². The lowest BCUT2D eigenvalue weighted by Crippen LogP contribution is -2.32. The van der Waals surface area contributed by atoms with E-state index in [2.05, 4.69) is 0 Å². The topological polar surface area (TPSA) is 46.6 Å². The molecular weight excluding hydrogens is 384 g/mol. The minimum absolute atomic E-state index is 0.183. The molecule has 0 bridgehead atoms. The van der Waals surface area contributed by atoms with Gasteiger partial charge in [0.05, 0.1) is 22.8 Å². The molecule has 1 aliphatic rings. The molecule has 0 aromatic heterocycles. The van der Waals surface area contributed by atoms with Gasteiger partial charge in [-0.05, 0) is 42.0 Å². The number of thioether (sulfide) groups is 1. The van der Waals surface area contributed by atoms with Crippen LogP contribution in [0.3, 0.4) is 0 Å². The van der Waals surface area contributed by atoms with E-state index in [9.17, 15) is 18.4 Å². The first-order valence-electron chi connectivity index (χ1n) is 8.92. The highest BCUT2D eigenvalue weighted by molar-refractivity contribution is 8.04. The van der Waals surface area contributed by atoms with Crippen LogP contribution in [-0.4, -0.2) is 24.2 Å². The molecule has 0 spiro atoms. The molecule has 0 saturated heterocycles. The van der Waals surface area contributed by atoms with Gasteiger partial charge in [0, 0.05) is 6.07 Å². The molecule has 2 amide bonds. The van der Waals surface area contributed by atoms with E-state index in [1.54, 1.807) is 24.3 Å². The van der Waals surface area contributed by atoms with Gasteiger partial charge in [-0.25, -0.2) is 13.7 Å². The summed E-state index contributed by atoms with van der Waals surface area (Å²) >= 11 is 1.20. The first-order valence-corrected chi connectivity index (χ1v) is 9.90. The molecule has 0 saturated carbocycles. The molecule has 0 unspecified atom stereocenters. The molecule has 2 aromatic rings. The van der Waals surface area contributed by atoms with Crippen molar-refractivity contribution in [1.82, 2.24) is 0 Å². The first-order chi connectivity index (χ1) is 13.5. The monoisotopic (exact) mass is 403 g/mol. The fourth-order valence-corrected chi connectivity index (χ4v) is 3.71. The molecule has 0 atom stereocenters. The number of hydrogen-bond donors (Lipinski definition) is 0. The summed E-state index contributed by atoms with van der Waals surface area (Å²) in [4.78, 5) is 26.8. The molecule has 146 valence electrons. The van der Waals surface area contributed by atoms with Crippen LogP contribution < -0.4 is 9.64 Å². The van der Waals surface area contributed by atoms with Crippen LogP contribution in [0.1, 0.15) is 25.8 Å². The predicted octanol–water partition coefficient (Wildman–Crippen LogP) is 4.79. The molecule has 2 aromatic carbocycles. The third-order valence-electron chi connectivity index (χ3n) is 4.09. The number of carbonyl (C=O) groups is 2. The van der Waals surface area contributed by atoms with Crippen LogP contribution in [-0.2, 0) is 9.59 Å². The minimum atomic E-state index is -0.839. The number of imide groups is 1. The normalized spacial score (nSPS) is 14.2. The van der Waals surface area contributed by atoms with Crippen molar-refractivity contribution in [1.29, 1.82) is 0 Å². The molecule has 0 fully saturated rings. The van der Waals surface area contributed by atoms with Crippen molar-refractivity contribution in [3.63, 3.8) is 0 Å². The summed E-state index contributed by atoms with van der Waals surface area (Å²) in [6.07, 6.45) is 0.866. The first kappa shape index (κ1) is 20.1. The van der Waals surface area contributed by atoms with Gasteiger partial charge in [0.15, 0.2) is 0 Å². The number of carbonyl (C=O) groups excluding carboxylic acids is 2. The lowest BCUT2D eigenvalue weighted by Gasteiger charge is -2.16. The Kier molecular flexibility index (Phi) is 6.14. The van der Waals surface area contributed by atoms with E-state index in [0.717, 1.165) is 24.6 Å². The van der Waals surface area contributed by atoms with Gasteiger partial charge in [-0.2, -0.15) is 0 Å². The Hall–Kier alpha value is -2.67. The number of amides is 2. The van der Waals surface area contributed by atoms with Crippen molar-refractivity contribution in [2.75, 3.05) is 17.3 Å². The van der Waals surface area contributed by atoms with Crippen LogP contribution in [0, 0.1) is 11.6 Å². The second kappa shape index (κ2) is 8.56. The summed E-state index contributed by atoms with van der Waals surface area (Å²) in [5.41, 5.74) is 0.321. The lowest BCUT2D eigenvalue weighted by molar-refractivity contribution is -0.119. The number of nitrogens with zero attached hydrogens (tertiary/aromatic N) is 1. The zero-order valence-corrected chi connectivity index (χ0v) is 16.3. The summed E-state index contributed by atoms with van der Waals surface area (Å²) in [7, 11) is 0. The summed E-state index contributed by atoms with van der Waals surface area (Å²) in [6.45, 7) is 4.42. The van der Waals surface area contributed by atoms with Crippen molar-refractivity contribution in [3.8, 4) is 5.75 Å². The van der Waals surface area contributed by atoms with Gasteiger partial charge in [-0.1, -0.05) is 26.0 Å². The maximum Gasteiger partial charge on any atom is 0.272 e. The third-order valence-corrected chi connectivity index (χ3v) is 5.05. The van der Waals surface area contributed by atoms with Gasteiger partial charge in [0.1, 0.15) is 17.4 Å².